The van der Waals surface area contributed by atoms with E-state index in [1.807, 2.05) is 12.1 Å². The molecule has 7 heteroatoms. The Kier molecular flexibility index (Phi) is 4.98. The summed E-state index contributed by atoms with van der Waals surface area (Å²) in [5, 5.41) is 9.63. The average Bonchev–Trinajstić information content (AvgIpc) is 2.97. The zero-order valence-electron chi connectivity index (χ0n) is 12.1. The lowest BCUT2D eigenvalue weighted by Crippen LogP contribution is -2.19. The predicted molar refractivity (Wildman–Crippen MR) is 82.5 cm³/mol. The Labute approximate surface area is 125 Å². The molecule has 21 heavy (non-hydrogen) atoms. The van der Waals surface area contributed by atoms with Crippen LogP contribution in [0.1, 0.15) is 31.9 Å². The lowest BCUT2D eigenvalue weighted by Gasteiger charge is -2.14. The summed E-state index contributed by atoms with van der Waals surface area (Å²) in [5.74, 6) is 0. The fraction of sp³-hybridized carbons (Fsp3) is 0.357. The van der Waals surface area contributed by atoms with E-state index < -0.39 is 10.0 Å². The normalized spacial score (nSPS) is 13.0. The highest BCUT2D eigenvalue weighted by Crippen LogP contribution is 2.18. The first-order valence-corrected chi connectivity index (χ1v) is 8.36. The Morgan fingerprint density at radius 2 is 2.00 bits per heavy atom. The maximum atomic E-state index is 12.2. The van der Waals surface area contributed by atoms with Crippen LogP contribution in [-0.2, 0) is 10.0 Å². The summed E-state index contributed by atoms with van der Waals surface area (Å²) < 4.78 is 26.8. The van der Waals surface area contributed by atoms with Gasteiger partial charge in [0.2, 0.25) is 0 Å². The molecule has 0 bridgehead atoms. The van der Waals surface area contributed by atoms with Gasteiger partial charge < -0.3 is 5.32 Å². The number of benzene rings is 1. The Balaban J connectivity index is 2.11. The Morgan fingerprint density at radius 1 is 1.29 bits per heavy atom. The van der Waals surface area contributed by atoms with E-state index in [1.165, 1.54) is 12.4 Å². The van der Waals surface area contributed by atoms with Gasteiger partial charge in [-0.2, -0.15) is 5.10 Å². The Morgan fingerprint density at radius 3 is 2.57 bits per heavy atom. The van der Waals surface area contributed by atoms with E-state index in [0.29, 0.717) is 5.69 Å². The number of hydrogen-bond donors (Lipinski definition) is 3. The molecule has 1 aromatic heterocycles. The number of rotatable bonds is 7. The van der Waals surface area contributed by atoms with Crippen molar-refractivity contribution >= 4 is 15.7 Å². The fourth-order valence-electron chi connectivity index (χ4n) is 1.94. The van der Waals surface area contributed by atoms with Gasteiger partial charge in [0, 0.05) is 12.2 Å². The molecule has 1 unspecified atom stereocenters. The highest BCUT2D eigenvalue weighted by molar-refractivity contribution is 7.92. The van der Waals surface area contributed by atoms with E-state index in [9.17, 15) is 8.42 Å². The van der Waals surface area contributed by atoms with E-state index in [-0.39, 0.29) is 10.9 Å². The molecular formula is C14H20N4O2S. The second-order valence-electron chi connectivity index (χ2n) is 4.84. The van der Waals surface area contributed by atoms with Crippen molar-refractivity contribution < 1.29 is 8.42 Å². The minimum Gasteiger partial charge on any atom is -0.310 e. The number of aromatic amines is 1. The molecule has 0 spiro atoms. The number of sulfonamides is 1. The summed E-state index contributed by atoms with van der Waals surface area (Å²) in [6, 6.07) is 7.08. The van der Waals surface area contributed by atoms with Crippen molar-refractivity contribution in [3.8, 4) is 0 Å². The minimum absolute atomic E-state index is 0.198. The SMILES string of the molecule is CCCNC(C)c1ccc(S(=O)(=O)Nc2cn[nH]c2)cc1. The summed E-state index contributed by atoms with van der Waals surface area (Å²) in [6.45, 7) is 5.10. The summed E-state index contributed by atoms with van der Waals surface area (Å²) >= 11 is 0. The van der Waals surface area contributed by atoms with Crippen molar-refractivity contribution in [2.45, 2.75) is 31.2 Å². The molecule has 6 nitrogen and oxygen atoms in total. The molecule has 3 N–H and O–H groups in total. The second kappa shape index (κ2) is 6.73. The zero-order chi connectivity index (χ0) is 15.3. The summed E-state index contributed by atoms with van der Waals surface area (Å²) in [6.07, 6.45) is 3.97. The van der Waals surface area contributed by atoms with Crippen molar-refractivity contribution in [3.05, 3.63) is 42.2 Å². The number of anilines is 1. The molecule has 0 fully saturated rings. The van der Waals surface area contributed by atoms with Crippen LogP contribution in [0.4, 0.5) is 5.69 Å². The number of nitrogens with one attached hydrogen (secondary N) is 3. The maximum absolute atomic E-state index is 12.2. The molecule has 2 rings (SSSR count). The van der Waals surface area contributed by atoms with Crippen molar-refractivity contribution in [2.75, 3.05) is 11.3 Å². The second-order valence-corrected chi connectivity index (χ2v) is 6.52. The van der Waals surface area contributed by atoms with Gasteiger partial charge in [0.1, 0.15) is 0 Å². The number of H-pyrrole nitrogens is 1. The van der Waals surface area contributed by atoms with E-state index in [4.69, 9.17) is 0 Å². The van der Waals surface area contributed by atoms with Crippen molar-refractivity contribution in [3.63, 3.8) is 0 Å². The van der Waals surface area contributed by atoms with Crippen LogP contribution in [0.2, 0.25) is 0 Å². The fourth-order valence-corrected chi connectivity index (χ4v) is 2.97. The van der Waals surface area contributed by atoms with Gasteiger partial charge in [-0.15, -0.1) is 0 Å². The van der Waals surface area contributed by atoms with Crippen LogP contribution >= 0.6 is 0 Å². The third-order valence-electron chi connectivity index (χ3n) is 3.14. The topological polar surface area (TPSA) is 86.9 Å². The van der Waals surface area contributed by atoms with Gasteiger partial charge >= 0.3 is 0 Å². The highest BCUT2D eigenvalue weighted by Gasteiger charge is 2.15. The summed E-state index contributed by atoms with van der Waals surface area (Å²) in [4.78, 5) is 0.232. The first-order valence-electron chi connectivity index (χ1n) is 6.88. The standard InChI is InChI=1S/C14H20N4O2S/c1-3-8-15-11(2)12-4-6-14(7-5-12)21(19,20)18-13-9-16-17-10-13/h4-7,9-11,15,18H,3,8H2,1-2H3,(H,16,17). The lowest BCUT2D eigenvalue weighted by atomic mass is 10.1. The molecule has 0 amide bonds. The number of nitrogens with zero attached hydrogens (tertiary/aromatic N) is 1. The van der Waals surface area contributed by atoms with Gasteiger partial charge in [0.15, 0.2) is 0 Å². The first kappa shape index (κ1) is 15.5. The van der Waals surface area contributed by atoms with Gasteiger partial charge in [-0.05, 0) is 37.6 Å². The van der Waals surface area contributed by atoms with E-state index >= 15 is 0 Å². The molecule has 0 radical (unpaired) electrons. The van der Waals surface area contributed by atoms with E-state index in [1.54, 1.807) is 12.1 Å². The van der Waals surface area contributed by atoms with E-state index in [2.05, 4.69) is 34.1 Å². The maximum Gasteiger partial charge on any atom is 0.261 e. The highest BCUT2D eigenvalue weighted by atomic mass is 32.2. The molecule has 1 heterocycles. The van der Waals surface area contributed by atoms with Gasteiger partial charge in [0.25, 0.3) is 10.0 Å². The van der Waals surface area contributed by atoms with Crippen LogP contribution in [-0.4, -0.2) is 25.2 Å². The Hall–Kier alpha value is -1.86. The molecule has 0 aliphatic heterocycles. The predicted octanol–water partition coefficient (Wildman–Crippen LogP) is 2.27. The van der Waals surface area contributed by atoms with Gasteiger partial charge in [0.05, 0.1) is 16.8 Å². The number of aromatic nitrogens is 2. The molecular weight excluding hydrogens is 288 g/mol. The molecule has 1 aromatic carbocycles. The Bertz CT molecular complexity index is 651. The quantitative estimate of drug-likeness (QED) is 0.732. The van der Waals surface area contributed by atoms with Crippen molar-refractivity contribution in [1.82, 2.24) is 15.5 Å². The van der Waals surface area contributed by atoms with Crippen LogP contribution in [0, 0.1) is 0 Å². The summed E-state index contributed by atoms with van der Waals surface area (Å²) in [7, 11) is -3.57. The molecule has 2 aromatic rings. The smallest absolute Gasteiger partial charge is 0.261 e. The zero-order valence-corrected chi connectivity index (χ0v) is 12.9. The molecule has 0 saturated heterocycles. The third kappa shape index (κ3) is 4.05. The largest absolute Gasteiger partial charge is 0.310 e. The first-order chi connectivity index (χ1) is 10.0. The minimum atomic E-state index is -3.57. The average molecular weight is 308 g/mol. The molecule has 0 aliphatic rings. The third-order valence-corrected chi connectivity index (χ3v) is 4.54. The van der Waals surface area contributed by atoms with Gasteiger partial charge in [-0.25, -0.2) is 8.42 Å². The lowest BCUT2D eigenvalue weighted by molar-refractivity contribution is 0.570. The molecule has 0 saturated carbocycles. The molecule has 0 aliphatic carbocycles. The van der Waals surface area contributed by atoms with Gasteiger partial charge in [-0.1, -0.05) is 19.1 Å². The van der Waals surface area contributed by atoms with Gasteiger partial charge in [-0.3, -0.25) is 9.82 Å². The van der Waals surface area contributed by atoms with Crippen LogP contribution in [0.3, 0.4) is 0 Å². The van der Waals surface area contributed by atoms with Crippen LogP contribution in [0.15, 0.2) is 41.6 Å². The van der Waals surface area contributed by atoms with E-state index in [0.717, 1.165) is 18.5 Å². The van der Waals surface area contributed by atoms with Crippen molar-refractivity contribution in [2.24, 2.45) is 0 Å². The molecule has 114 valence electrons. The summed E-state index contributed by atoms with van der Waals surface area (Å²) in [5.41, 5.74) is 1.47. The monoisotopic (exact) mass is 308 g/mol. The van der Waals surface area contributed by atoms with Crippen LogP contribution in [0.25, 0.3) is 0 Å². The van der Waals surface area contributed by atoms with Crippen molar-refractivity contribution in [1.29, 1.82) is 0 Å². The molecule has 1 atom stereocenters. The van der Waals surface area contributed by atoms with Crippen LogP contribution in [0.5, 0.6) is 0 Å². The van der Waals surface area contributed by atoms with Crippen LogP contribution < -0.4 is 10.0 Å². The number of hydrogen-bond acceptors (Lipinski definition) is 4.